The van der Waals surface area contributed by atoms with Gasteiger partial charge in [-0.05, 0) is 36.6 Å². The number of aryl methyl sites for hydroxylation is 1. The van der Waals surface area contributed by atoms with Gasteiger partial charge in [0.05, 0.1) is 13.2 Å². The molecule has 144 valence electrons. The lowest BCUT2D eigenvalue weighted by Gasteiger charge is -2.24. The SMILES string of the molecule is COc1cccc(C2CCc3nc(C(=O)NC(C)c4ccccc4)cn3C2)c1. The number of hydrogen-bond donors (Lipinski definition) is 1. The Morgan fingerprint density at radius 3 is 2.82 bits per heavy atom. The molecule has 0 spiro atoms. The Bertz CT molecular complexity index is 965. The molecule has 1 amide bonds. The fraction of sp³-hybridized carbons (Fsp3) is 0.304. The van der Waals surface area contributed by atoms with Gasteiger partial charge in [0.15, 0.2) is 0 Å². The van der Waals surface area contributed by atoms with Gasteiger partial charge >= 0.3 is 0 Å². The zero-order valence-corrected chi connectivity index (χ0v) is 16.3. The number of imidazole rings is 1. The molecule has 0 bridgehead atoms. The number of fused-ring (bicyclic) bond motifs is 1. The molecule has 4 rings (SSSR count). The number of methoxy groups -OCH3 is 1. The van der Waals surface area contributed by atoms with Crippen LogP contribution in [0.5, 0.6) is 5.75 Å². The summed E-state index contributed by atoms with van der Waals surface area (Å²) >= 11 is 0. The zero-order chi connectivity index (χ0) is 19.5. The fourth-order valence-corrected chi connectivity index (χ4v) is 3.82. The Balaban J connectivity index is 1.47. The Morgan fingerprint density at radius 2 is 2.04 bits per heavy atom. The van der Waals surface area contributed by atoms with Crippen molar-refractivity contribution in [1.82, 2.24) is 14.9 Å². The summed E-state index contributed by atoms with van der Waals surface area (Å²) in [5, 5.41) is 3.05. The van der Waals surface area contributed by atoms with Crippen molar-refractivity contribution in [2.75, 3.05) is 7.11 Å². The van der Waals surface area contributed by atoms with Gasteiger partial charge < -0.3 is 14.6 Å². The van der Waals surface area contributed by atoms with Crippen LogP contribution in [0, 0.1) is 0 Å². The Morgan fingerprint density at radius 1 is 1.21 bits per heavy atom. The minimum Gasteiger partial charge on any atom is -0.497 e. The van der Waals surface area contributed by atoms with E-state index in [0.717, 1.165) is 36.5 Å². The van der Waals surface area contributed by atoms with Crippen LogP contribution in [0.15, 0.2) is 60.8 Å². The molecule has 1 N–H and O–H groups in total. The van der Waals surface area contributed by atoms with E-state index in [9.17, 15) is 4.79 Å². The molecule has 1 aliphatic rings. The molecule has 0 aliphatic carbocycles. The summed E-state index contributed by atoms with van der Waals surface area (Å²) in [7, 11) is 1.69. The molecule has 2 atom stereocenters. The summed E-state index contributed by atoms with van der Waals surface area (Å²) in [5.74, 6) is 2.13. The van der Waals surface area contributed by atoms with Crippen molar-refractivity contribution in [2.45, 2.75) is 38.3 Å². The highest BCUT2D eigenvalue weighted by Gasteiger charge is 2.24. The average molecular weight is 375 g/mol. The predicted molar refractivity (Wildman–Crippen MR) is 109 cm³/mol. The summed E-state index contributed by atoms with van der Waals surface area (Å²) in [5.41, 5.74) is 2.84. The minimum absolute atomic E-state index is 0.0584. The van der Waals surface area contributed by atoms with Crippen molar-refractivity contribution >= 4 is 5.91 Å². The number of nitrogens with one attached hydrogen (secondary N) is 1. The summed E-state index contributed by atoms with van der Waals surface area (Å²) in [4.78, 5) is 17.3. The van der Waals surface area contributed by atoms with Crippen LogP contribution in [0.2, 0.25) is 0 Å². The Hall–Kier alpha value is -3.08. The second-order valence-corrected chi connectivity index (χ2v) is 7.31. The maximum atomic E-state index is 12.7. The number of rotatable bonds is 5. The summed E-state index contributed by atoms with van der Waals surface area (Å²) in [6, 6.07) is 18.1. The molecule has 5 heteroatoms. The summed E-state index contributed by atoms with van der Waals surface area (Å²) in [6.45, 7) is 2.82. The van der Waals surface area contributed by atoms with Crippen LogP contribution in [-0.4, -0.2) is 22.6 Å². The van der Waals surface area contributed by atoms with Gasteiger partial charge in [-0.1, -0.05) is 42.5 Å². The van der Waals surface area contributed by atoms with Crippen LogP contribution in [0.1, 0.15) is 52.7 Å². The molecule has 2 unspecified atom stereocenters. The topological polar surface area (TPSA) is 56.1 Å². The molecule has 28 heavy (non-hydrogen) atoms. The van der Waals surface area contributed by atoms with Crippen molar-refractivity contribution in [3.63, 3.8) is 0 Å². The van der Waals surface area contributed by atoms with E-state index in [-0.39, 0.29) is 11.9 Å². The fourth-order valence-electron chi connectivity index (χ4n) is 3.82. The average Bonchev–Trinajstić information content (AvgIpc) is 3.18. The predicted octanol–water partition coefficient (Wildman–Crippen LogP) is 4.11. The molecule has 1 aromatic heterocycles. The summed E-state index contributed by atoms with van der Waals surface area (Å²) < 4.78 is 7.47. The number of benzene rings is 2. The molecule has 2 aromatic carbocycles. The van der Waals surface area contributed by atoms with E-state index < -0.39 is 0 Å². The minimum atomic E-state index is -0.129. The van der Waals surface area contributed by atoms with Gasteiger partial charge in [0.2, 0.25) is 0 Å². The molecular formula is C23H25N3O2. The van der Waals surface area contributed by atoms with Crippen molar-refractivity contribution < 1.29 is 9.53 Å². The molecule has 0 saturated heterocycles. The van der Waals surface area contributed by atoms with E-state index in [2.05, 4.69) is 27.0 Å². The van der Waals surface area contributed by atoms with Crippen molar-refractivity contribution in [3.8, 4) is 5.75 Å². The number of nitrogens with zero attached hydrogens (tertiary/aromatic N) is 2. The van der Waals surface area contributed by atoms with E-state index in [4.69, 9.17) is 4.74 Å². The van der Waals surface area contributed by atoms with Crippen LogP contribution in [0.25, 0.3) is 0 Å². The quantitative estimate of drug-likeness (QED) is 0.730. The van der Waals surface area contributed by atoms with Gasteiger partial charge in [-0.15, -0.1) is 0 Å². The molecule has 0 fully saturated rings. The number of carbonyl (C=O) groups excluding carboxylic acids is 1. The van der Waals surface area contributed by atoms with Gasteiger partial charge in [-0.3, -0.25) is 4.79 Å². The largest absolute Gasteiger partial charge is 0.497 e. The van der Waals surface area contributed by atoms with Gasteiger partial charge in [0.1, 0.15) is 17.3 Å². The van der Waals surface area contributed by atoms with Gasteiger partial charge in [0, 0.05) is 25.1 Å². The van der Waals surface area contributed by atoms with Gasteiger partial charge in [0.25, 0.3) is 5.91 Å². The molecule has 3 aromatic rings. The van der Waals surface area contributed by atoms with Crippen LogP contribution < -0.4 is 10.1 Å². The van der Waals surface area contributed by atoms with Crippen molar-refractivity contribution in [2.24, 2.45) is 0 Å². The van der Waals surface area contributed by atoms with Crippen LogP contribution in [0.4, 0.5) is 0 Å². The monoisotopic (exact) mass is 375 g/mol. The second-order valence-electron chi connectivity index (χ2n) is 7.31. The molecule has 2 heterocycles. The van der Waals surface area contributed by atoms with Crippen molar-refractivity contribution in [1.29, 1.82) is 0 Å². The lowest BCUT2D eigenvalue weighted by Crippen LogP contribution is -2.26. The number of amides is 1. The van der Waals surface area contributed by atoms with Gasteiger partial charge in [-0.25, -0.2) is 4.98 Å². The van der Waals surface area contributed by atoms with Crippen LogP contribution >= 0.6 is 0 Å². The summed E-state index contributed by atoms with van der Waals surface area (Å²) in [6.07, 6.45) is 3.77. The smallest absolute Gasteiger partial charge is 0.271 e. The second kappa shape index (κ2) is 7.89. The molecule has 0 radical (unpaired) electrons. The first-order valence-electron chi connectivity index (χ1n) is 9.70. The lowest BCUT2D eigenvalue weighted by atomic mass is 9.91. The van der Waals surface area contributed by atoms with Crippen LogP contribution in [0.3, 0.4) is 0 Å². The Labute approximate surface area is 165 Å². The zero-order valence-electron chi connectivity index (χ0n) is 16.3. The van der Waals surface area contributed by atoms with E-state index in [1.165, 1.54) is 5.56 Å². The standard InChI is InChI=1S/C23H25N3O2/c1-16(17-7-4-3-5-8-17)24-23(27)21-15-26-14-19(11-12-22(26)25-21)18-9-6-10-20(13-18)28-2/h3-10,13,15-16,19H,11-12,14H2,1-2H3,(H,24,27). The number of ether oxygens (including phenoxy) is 1. The highest BCUT2D eigenvalue weighted by Crippen LogP contribution is 2.30. The highest BCUT2D eigenvalue weighted by atomic mass is 16.5. The van der Waals surface area contributed by atoms with E-state index >= 15 is 0 Å². The Kier molecular flexibility index (Phi) is 5.15. The molecule has 5 nitrogen and oxygen atoms in total. The highest BCUT2D eigenvalue weighted by molar-refractivity contribution is 5.92. The molecular weight excluding hydrogens is 350 g/mol. The maximum absolute atomic E-state index is 12.7. The van der Waals surface area contributed by atoms with E-state index in [0.29, 0.717) is 11.6 Å². The maximum Gasteiger partial charge on any atom is 0.271 e. The lowest BCUT2D eigenvalue weighted by molar-refractivity contribution is 0.0935. The van der Waals surface area contributed by atoms with Gasteiger partial charge in [-0.2, -0.15) is 0 Å². The first kappa shape index (κ1) is 18.3. The number of aromatic nitrogens is 2. The normalized spacial score (nSPS) is 16.9. The van der Waals surface area contributed by atoms with E-state index in [1.54, 1.807) is 7.11 Å². The number of carbonyl (C=O) groups is 1. The van der Waals surface area contributed by atoms with Crippen LogP contribution in [-0.2, 0) is 13.0 Å². The van der Waals surface area contributed by atoms with Crippen molar-refractivity contribution in [3.05, 3.63) is 83.4 Å². The first-order valence-corrected chi connectivity index (χ1v) is 9.70. The molecule has 0 saturated carbocycles. The first-order chi connectivity index (χ1) is 13.6. The third-order valence-electron chi connectivity index (χ3n) is 5.44. The number of hydrogen-bond acceptors (Lipinski definition) is 3. The third kappa shape index (κ3) is 3.79. The molecule has 1 aliphatic heterocycles. The van der Waals surface area contributed by atoms with E-state index in [1.807, 2.05) is 55.6 Å². The third-order valence-corrected chi connectivity index (χ3v) is 5.44.